The molecule has 0 atom stereocenters. The smallest absolute Gasteiger partial charge is 0.382 e. The lowest BCUT2D eigenvalue weighted by molar-refractivity contribution is -0.137. The number of carbonyl (C=O) groups excluding carboxylic acids is 1. The minimum Gasteiger partial charge on any atom is -0.382 e. The van der Waals surface area contributed by atoms with Gasteiger partial charge in [-0.2, -0.15) is 13.2 Å². The van der Waals surface area contributed by atoms with E-state index in [1.165, 1.54) is 18.3 Å². The van der Waals surface area contributed by atoms with Gasteiger partial charge >= 0.3 is 6.18 Å². The fourth-order valence-corrected chi connectivity index (χ4v) is 4.35. The highest BCUT2D eigenvalue weighted by atomic mass is 35.5. The number of nitrogens with one attached hydrogen (secondary N) is 1. The summed E-state index contributed by atoms with van der Waals surface area (Å²) in [5, 5.41) is 3.33. The summed E-state index contributed by atoms with van der Waals surface area (Å²) in [6, 6.07) is 6.49. The molecule has 0 radical (unpaired) electrons. The largest absolute Gasteiger partial charge is 0.416 e. The number of nitrogens with zero attached hydrogens (tertiary/aromatic N) is 4. The van der Waals surface area contributed by atoms with E-state index in [1.54, 1.807) is 25.6 Å². The molecular formula is C28H33ClF3N5O3. The third kappa shape index (κ3) is 8.36. The fraction of sp³-hybridized carbons (Fsp3) is 0.429. The van der Waals surface area contributed by atoms with Gasteiger partial charge in [0.25, 0.3) is 0 Å². The fourth-order valence-electron chi connectivity index (χ4n) is 4.14. The standard InChI is InChI=1S/C26H27ClF3N5O3.C2H6/c1-37-12-13-38-16-23(36)33-19-7-10-35(11-8-19)22-15-32-24(17-2-4-18(5-3-17)26(28,29)30)25(34-22)20-6-9-31-14-21(20)27;1-2/h2-6,9,14-15,19H,7-8,10-13,16H2,1H3,(H,33,36);1-2H3. The first-order valence-electron chi connectivity index (χ1n) is 13.0. The van der Waals surface area contributed by atoms with Crippen LogP contribution >= 0.6 is 11.6 Å². The van der Waals surface area contributed by atoms with Crippen LogP contribution in [0.25, 0.3) is 22.5 Å². The molecule has 4 rings (SSSR count). The molecule has 1 aliphatic heterocycles. The van der Waals surface area contributed by atoms with Crippen molar-refractivity contribution in [1.82, 2.24) is 20.3 Å². The van der Waals surface area contributed by atoms with Crippen LogP contribution in [0, 0.1) is 0 Å². The molecule has 1 N–H and O–H groups in total. The maximum Gasteiger partial charge on any atom is 0.416 e. The number of amides is 1. The number of methoxy groups -OCH3 is 1. The van der Waals surface area contributed by atoms with Crippen molar-refractivity contribution in [3.63, 3.8) is 0 Å². The van der Waals surface area contributed by atoms with Crippen LogP contribution in [0.2, 0.25) is 5.02 Å². The number of benzene rings is 1. The minimum absolute atomic E-state index is 0.0123. The molecule has 0 bridgehead atoms. The zero-order chi connectivity index (χ0) is 29.1. The van der Waals surface area contributed by atoms with Gasteiger partial charge in [0.2, 0.25) is 5.91 Å². The lowest BCUT2D eigenvalue weighted by Crippen LogP contribution is -2.46. The molecular weight excluding hydrogens is 547 g/mol. The molecule has 3 aromatic rings. The number of aromatic nitrogens is 3. The predicted molar refractivity (Wildman–Crippen MR) is 148 cm³/mol. The molecule has 1 amide bonds. The highest BCUT2D eigenvalue weighted by Crippen LogP contribution is 2.36. The van der Waals surface area contributed by atoms with Crippen molar-refractivity contribution < 1.29 is 27.4 Å². The van der Waals surface area contributed by atoms with Gasteiger partial charge in [-0.15, -0.1) is 0 Å². The molecule has 0 unspecified atom stereocenters. The number of hydrogen-bond donors (Lipinski definition) is 1. The number of rotatable bonds is 9. The van der Waals surface area contributed by atoms with E-state index in [9.17, 15) is 18.0 Å². The van der Waals surface area contributed by atoms with E-state index in [-0.39, 0.29) is 18.6 Å². The summed E-state index contributed by atoms with van der Waals surface area (Å²) in [6.07, 6.45) is 1.63. The van der Waals surface area contributed by atoms with Crippen molar-refractivity contribution >= 4 is 23.3 Å². The van der Waals surface area contributed by atoms with Gasteiger partial charge in [0.05, 0.1) is 35.7 Å². The Morgan fingerprint density at radius 3 is 2.40 bits per heavy atom. The number of carbonyl (C=O) groups is 1. The van der Waals surface area contributed by atoms with Crippen molar-refractivity contribution in [1.29, 1.82) is 0 Å². The first-order valence-corrected chi connectivity index (χ1v) is 13.4. The Bertz CT molecular complexity index is 1240. The average molecular weight is 580 g/mol. The van der Waals surface area contributed by atoms with E-state index < -0.39 is 11.7 Å². The second-order valence-corrected chi connectivity index (χ2v) is 9.14. The van der Waals surface area contributed by atoms with Crippen LogP contribution in [0.3, 0.4) is 0 Å². The van der Waals surface area contributed by atoms with Gasteiger partial charge in [-0.1, -0.05) is 37.6 Å². The molecule has 216 valence electrons. The van der Waals surface area contributed by atoms with E-state index in [1.807, 2.05) is 13.8 Å². The predicted octanol–water partition coefficient (Wildman–Crippen LogP) is 5.65. The zero-order valence-electron chi connectivity index (χ0n) is 22.7. The summed E-state index contributed by atoms with van der Waals surface area (Å²) >= 11 is 6.41. The Labute approximate surface area is 236 Å². The Kier molecular flexibility index (Phi) is 11.7. The normalized spacial score (nSPS) is 13.9. The van der Waals surface area contributed by atoms with E-state index in [2.05, 4.69) is 20.2 Å². The number of hydrogen-bond acceptors (Lipinski definition) is 7. The van der Waals surface area contributed by atoms with Gasteiger partial charge in [-0.3, -0.25) is 14.8 Å². The van der Waals surface area contributed by atoms with Crippen LogP contribution in [-0.4, -0.2) is 66.9 Å². The lowest BCUT2D eigenvalue weighted by atomic mass is 10.0. The summed E-state index contributed by atoms with van der Waals surface area (Å²) in [6.45, 7) is 6.03. The van der Waals surface area contributed by atoms with E-state index in [4.69, 9.17) is 26.1 Å². The maximum atomic E-state index is 13.1. The third-order valence-electron chi connectivity index (χ3n) is 6.12. The lowest BCUT2D eigenvalue weighted by Gasteiger charge is -2.33. The Morgan fingerprint density at radius 1 is 1.07 bits per heavy atom. The number of ether oxygens (including phenoxy) is 2. The first-order chi connectivity index (χ1) is 19.3. The quantitative estimate of drug-likeness (QED) is 0.328. The van der Waals surface area contributed by atoms with Crippen molar-refractivity contribution in [3.05, 3.63) is 59.5 Å². The SMILES string of the molecule is CC.COCCOCC(=O)NC1CCN(c2cnc(-c3ccc(C(F)(F)F)cc3)c(-c3ccncc3Cl)n2)CC1. The molecule has 1 fully saturated rings. The monoisotopic (exact) mass is 579 g/mol. The highest BCUT2D eigenvalue weighted by molar-refractivity contribution is 6.33. The molecule has 0 aliphatic carbocycles. The highest BCUT2D eigenvalue weighted by Gasteiger charge is 2.30. The Morgan fingerprint density at radius 2 is 1.77 bits per heavy atom. The van der Waals surface area contributed by atoms with Gasteiger partial charge in [0.15, 0.2) is 0 Å². The molecule has 1 aromatic carbocycles. The van der Waals surface area contributed by atoms with Crippen LogP contribution in [0.15, 0.2) is 48.9 Å². The van der Waals surface area contributed by atoms with Gasteiger partial charge in [0.1, 0.15) is 18.1 Å². The first kappa shape index (κ1) is 31.3. The molecule has 1 aliphatic rings. The van der Waals surface area contributed by atoms with Gasteiger partial charge in [-0.05, 0) is 31.0 Å². The molecule has 0 saturated carbocycles. The molecule has 40 heavy (non-hydrogen) atoms. The summed E-state index contributed by atoms with van der Waals surface area (Å²) < 4.78 is 49.4. The molecule has 8 nitrogen and oxygen atoms in total. The number of anilines is 1. The molecule has 2 aromatic heterocycles. The summed E-state index contributed by atoms with van der Waals surface area (Å²) in [5.41, 5.74) is 1.16. The van der Waals surface area contributed by atoms with E-state index in [0.29, 0.717) is 72.5 Å². The third-order valence-corrected chi connectivity index (χ3v) is 6.42. The van der Waals surface area contributed by atoms with Gasteiger partial charge in [0, 0.05) is 49.8 Å². The Hall–Kier alpha value is -3.28. The van der Waals surface area contributed by atoms with Gasteiger partial charge < -0.3 is 19.7 Å². The number of halogens is 4. The van der Waals surface area contributed by atoms with Crippen molar-refractivity contribution in [2.24, 2.45) is 0 Å². The van der Waals surface area contributed by atoms with E-state index >= 15 is 0 Å². The molecule has 12 heteroatoms. The van der Waals surface area contributed by atoms with Crippen LogP contribution in [0.1, 0.15) is 32.3 Å². The summed E-state index contributed by atoms with van der Waals surface area (Å²) in [5.74, 6) is 0.436. The van der Waals surface area contributed by atoms with Crippen molar-refractivity contribution in [2.75, 3.05) is 44.9 Å². The van der Waals surface area contributed by atoms with Crippen molar-refractivity contribution in [2.45, 2.75) is 38.9 Å². The number of alkyl halides is 3. The summed E-state index contributed by atoms with van der Waals surface area (Å²) in [4.78, 5) is 27.6. The van der Waals surface area contributed by atoms with Crippen molar-refractivity contribution in [3.8, 4) is 22.5 Å². The number of pyridine rings is 1. The van der Waals surface area contributed by atoms with Crippen LogP contribution < -0.4 is 10.2 Å². The average Bonchev–Trinajstić information content (AvgIpc) is 2.96. The van der Waals surface area contributed by atoms with Crippen LogP contribution in [0.5, 0.6) is 0 Å². The molecule has 3 heterocycles. The molecule has 1 saturated heterocycles. The topological polar surface area (TPSA) is 89.5 Å². The Balaban J connectivity index is 0.00000216. The van der Waals surface area contributed by atoms with E-state index in [0.717, 1.165) is 12.1 Å². The number of piperidine rings is 1. The second-order valence-electron chi connectivity index (χ2n) is 8.73. The second kappa shape index (κ2) is 14.9. The summed E-state index contributed by atoms with van der Waals surface area (Å²) in [7, 11) is 1.57. The zero-order valence-corrected chi connectivity index (χ0v) is 23.4. The maximum absolute atomic E-state index is 13.1. The van der Waals surface area contributed by atoms with Crippen LogP contribution in [0.4, 0.5) is 19.0 Å². The van der Waals surface area contributed by atoms with Crippen LogP contribution in [-0.2, 0) is 20.4 Å². The van der Waals surface area contributed by atoms with Gasteiger partial charge in [-0.25, -0.2) is 4.98 Å². The minimum atomic E-state index is -4.44. The molecule has 0 spiro atoms.